The third-order valence-electron chi connectivity index (χ3n) is 5.34. The van der Waals surface area contributed by atoms with E-state index in [0.29, 0.717) is 13.0 Å². The van der Waals surface area contributed by atoms with Crippen molar-refractivity contribution in [2.45, 2.75) is 45.1 Å². The summed E-state index contributed by atoms with van der Waals surface area (Å²) in [6.07, 6.45) is 3.22. The molecule has 0 aliphatic carbocycles. The lowest BCUT2D eigenvalue weighted by Crippen LogP contribution is -2.39. The smallest absolute Gasteiger partial charge is 0.307 e. The highest BCUT2D eigenvalue weighted by molar-refractivity contribution is 7.12. The molecule has 6 heteroatoms. The van der Waals surface area contributed by atoms with Crippen LogP contribution in [0.5, 0.6) is 0 Å². The lowest BCUT2D eigenvalue weighted by Gasteiger charge is -2.33. The third kappa shape index (κ3) is 4.03. The monoisotopic (exact) mass is 393 g/mol. The number of likely N-dealkylation sites (tertiary alicyclic amines) is 1. The molecule has 0 aromatic carbocycles. The van der Waals surface area contributed by atoms with Crippen molar-refractivity contribution >= 4 is 28.6 Å². The first-order chi connectivity index (χ1) is 12.4. The Kier molecular flexibility index (Phi) is 6.17. The summed E-state index contributed by atoms with van der Waals surface area (Å²) in [6, 6.07) is 4.13. The van der Waals surface area contributed by atoms with E-state index in [2.05, 4.69) is 30.9 Å². The summed E-state index contributed by atoms with van der Waals surface area (Å²) in [4.78, 5) is 15.6. The van der Waals surface area contributed by atoms with Gasteiger partial charge in [0.05, 0.1) is 5.92 Å². The van der Waals surface area contributed by atoms with E-state index in [0.717, 1.165) is 53.2 Å². The van der Waals surface area contributed by atoms with Gasteiger partial charge >= 0.3 is 5.97 Å². The Bertz CT molecular complexity index is 712. The zero-order valence-electron chi connectivity index (χ0n) is 15.4. The Morgan fingerprint density at radius 2 is 1.85 bits per heavy atom. The molecule has 2 N–H and O–H groups in total. The normalized spacial score (nSPS) is 19.0. The Labute approximate surface area is 163 Å². The zero-order chi connectivity index (χ0) is 18.7. The van der Waals surface area contributed by atoms with Gasteiger partial charge in [0.1, 0.15) is 5.60 Å². The van der Waals surface area contributed by atoms with Crippen LogP contribution in [0, 0.1) is 19.8 Å². The number of carboxylic acids is 1. The van der Waals surface area contributed by atoms with E-state index in [1.54, 1.807) is 22.7 Å². The Balaban J connectivity index is 1.71. The second-order valence-corrected chi connectivity index (χ2v) is 9.14. The molecular weight excluding hydrogens is 366 g/mol. The number of carboxylic acid groups (broad SMARTS) is 1. The highest BCUT2D eigenvalue weighted by atomic mass is 32.1. The van der Waals surface area contributed by atoms with E-state index in [1.165, 1.54) is 0 Å². The first-order valence-corrected chi connectivity index (χ1v) is 10.9. The van der Waals surface area contributed by atoms with Gasteiger partial charge in [0.25, 0.3) is 0 Å². The number of carbonyl (C=O) groups is 1. The van der Waals surface area contributed by atoms with Crippen LogP contribution in [0.2, 0.25) is 0 Å². The topological polar surface area (TPSA) is 60.8 Å². The number of aliphatic carboxylic acids is 1. The summed E-state index contributed by atoms with van der Waals surface area (Å²) >= 11 is 3.24. The largest absolute Gasteiger partial charge is 0.481 e. The van der Waals surface area contributed by atoms with Gasteiger partial charge in [-0.05, 0) is 86.6 Å². The summed E-state index contributed by atoms with van der Waals surface area (Å²) in [7, 11) is 0. The highest BCUT2D eigenvalue weighted by Crippen LogP contribution is 2.42. The molecule has 1 aliphatic heterocycles. The molecule has 2 aromatic heterocycles. The van der Waals surface area contributed by atoms with Crippen LogP contribution in [0.3, 0.4) is 0 Å². The van der Waals surface area contributed by atoms with Crippen molar-refractivity contribution in [2.24, 2.45) is 5.92 Å². The van der Waals surface area contributed by atoms with Crippen LogP contribution in [-0.4, -0.2) is 40.7 Å². The zero-order valence-corrected chi connectivity index (χ0v) is 17.0. The lowest BCUT2D eigenvalue weighted by molar-refractivity contribution is -0.143. The Hall–Kier alpha value is -1.21. The van der Waals surface area contributed by atoms with Gasteiger partial charge in [-0.25, -0.2) is 0 Å². The van der Waals surface area contributed by atoms with Gasteiger partial charge in [0.15, 0.2) is 0 Å². The molecule has 1 saturated heterocycles. The molecule has 4 nitrogen and oxygen atoms in total. The maximum absolute atomic E-state index is 11.7. The van der Waals surface area contributed by atoms with Crippen molar-refractivity contribution in [2.75, 3.05) is 19.6 Å². The average molecular weight is 394 g/mol. The van der Waals surface area contributed by atoms with E-state index in [4.69, 9.17) is 0 Å². The molecule has 0 amide bonds. The van der Waals surface area contributed by atoms with Gasteiger partial charge in [0, 0.05) is 16.3 Å². The minimum Gasteiger partial charge on any atom is -0.481 e. The van der Waals surface area contributed by atoms with Gasteiger partial charge in [0.2, 0.25) is 0 Å². The van der Waals surface area contributed by atoms with E-state index in [1.807, 2.05) is 10.8 Å². The summed E-state index contributed by atoms with van der Waals surface area (Å²) in [5.74, 6) is -0.934. The summed E-state index contributed by atoms with van der Waals surface area (Å²) in [6.45, 7) is 6.53. The van der Waals surface area contributed by atoms with E-state index in [-0.39, 0.29) is 5.92 Å². The molecule has 1 atom stereocenters. The van der Waals surface area contributed by atoms with Gasteiger partial charge in [-0.3, -0.25) is 4.79 Å². The van der Waals surface area contributed by atoms with Crippen molar-refractivity contribution in [3.8, 4) is 0 Å². The van der Waals surface area contributed by atoms with Crippen molar-refractivity contribution in [3.63, 3.8) is 0 Å². The van der Waals surface area contributed by atoms with Crippen molar-refractivity contribution in [1.29, 1.82) is 0 Å². The van der Waals surface area contributed by atoms with Crippen LogP contribution in [-0.2, 0) is 10.4 Å². The van der Waals surface area contributed by atoms with E-state index in [9.17, 15) is 15.0 Å². The molecule has 1 aliphatic rings. The SMILES string of the molecule is Cc1ccsc1C(O)(CCCN1CCCC(C(=O)O)C1)c1sccc1C. The summed E-state index contributed by atoms with van der Waals surface area (Å²) in [5, 5.41) is 25.0. The van der Waals surface area contributed by atoms with Crippen molar-refractivity contribution < 1.29 is 15.0 Å². The molecular formula is C20H27NO3S2. The van der Waals surface area contributed by atoms with E-state index >= 15 is 0 Å². The van der Waals surface area contributed by atoms with Gasteiger partial charge in [-0.15, -0.1) is 22.7 Å². The van der Waals surface area contributed by atoms with Gasteiger partial charge in [-0.1, -0.05) is 0 Å². The van der Waals surface area contributed by atoms with Gasteiger partial charge < -0.3 is 15.1 Å². The fourth-order valence-corrected chi connectivity index (χ4v) is 6.13. The lowest BCUT2D eigenvalue weighted by atomic mass is 9.89. The van der Waals surface area contributed by atoms with Crippen molar-refractivity contribution in [3.05, 3.63) is 43.8 Å². The first-order valence-electron chi connectivity index (χ1n) is 9.18. The fraction of sp³-hybridized carbons (Fsp3) is 0.550. The molecule has 3 heterocycles. The number of piperidine rings is 1. The predicted octanol–water partition coefficient (Wildman–Crippen LogP) is 4.24. The average Bonchev–Trinajstić information content (AvgIpc) is 3.24. The Morgan fingerprint density at radius 3 is 2.35 bits per heavy atom. The molecule has 0 saturated carbocycles. The van der Waals surface area contributed by atoms with Crippen LogP contribution < -0.4 is 0 Å². The quantitative estimate of drug-likeness (QED) is 0.739. The summed E-state index contributed by atoms with van der Waals surface area (Å²) < 4.78 is 0. The second-order valence-electron chi connectivity index (χ2n) is 7.31. The first kappa shape index (κ1) is 19.5. The molecule has 1 unspecified atom stereocenters. The minimum atomic E-state index is -0.946. The van der Waals surface area contributed by atoms with Crippen molar-refractivity contribution in [1.82, 2.24) is 4.90 Å². The molecule has 142 valence electrons. The third-order valence-corrected chi connectivity index (χ3v) is 7.68. The Morgan fingerprint density at radius 1 is 1.23 bits per heavy atom. The molecule has 0 radical (unpaired) electrons. The maximum atomic E-state index is 11.7. The van der Waals surface area contributed by atoms with E-state index < -0.39 is 11.6 Å². The number of aryl methyl sites for hydroxylation is 2. The number of nitrogens with zero attached hydrogens (tertiary/aromatic N) is 1. The van der Waals surface area contributed by atoms with Gasteiger partial charge in [-0.2, -0.15) is 0 Å². The minimum absolute atomic E-state index is 0.248. The number of hydrogen-bond acceptors (Lipinski definition) is 5. The highest BCUT2D eigenvalue weighted by Gasteiger charge is 2.36. The van der Waals surface area contributed by atoms with Crippen LogP contribution in [0.4, 0.5) is 0 Å². The molecule has 0 spiro atoms. The molecule has 1 fully saturated rings. The maximum Gasteiger partial charge on any atom is 0.307 e. The van der Waals surface area contributed by atoms with Crippen LogP contribution in [0.25, 0.3) is 0 Å². The number of aliphatic hydroxyl groups is 1. The van der Waals surface area contributed by atoms with Crippen LogP contribution >= 0.6 is 22.7 Å². The molecule has 3 rings (SSSR count). The second kappa shape index (κ2) is 8.21. The number of rotatable bonds is 7. The van der Waals surface area contributed by atoms with Crippen LogP contribution in [0.15, 0.2) is 22.9 Å². The standard InChI is InChI=1S/C20H27NO3S2/c1-14-6-11-25-17(14)20(24,18-15(2)7-12-26-18)8-4-10-21-9-3-5-16(13-21)19(22)23/h6-7,11-12,16,24H,3-5,8-10,13H2,1-2H3,(H,22,23). The number of hydrogen-bond donors (Lipinski definition) is 2. The number of thiophene rings is 2. The molecule has 2 aromatic rings. The van der Waals surface area contributed by atoms with Crippen LogP contribution in [0.1, 0.15) is 46.6 Å². The molecule has 26 heavy (non-hydrogen) atoms. The summed E-state index contributed by atoms with van der Waals surface area (Å²) in [5.41, 5.74) is 1.32. The predicted molar refractivity (Wildman–Crippen MR) is 107 cm³/mol. The molecule has 0 bridgehead atoms. The fourth-order valence-electron chi connectivity index (χ4n) is 3.94.